The SMILES string of the molecule is C=CC=N/C(=C/c1c(CC(C)(C)COC(C)=O)c2cc(-c3cc(O)cc(CC(C=O)NC)c3)ccc2n1CC)C(C)OC.CC(C)C(C=O)N(C)C.CN(C)C/C=C/C(=O)N1CCCN(C=O)CC1.CN1CCCCN1. The van der Waals surface area contributed by atoms with E-state index in [9.17, 15) is 29.1 Å². The standard InChI is InChI=1S/C35H45N3O5.C12H21N3O2.C7H15NO.C5H12N2/c1-9-13-37-32(23(3)42-8)19-34-31(20-35(5,6)22-43-24(4)40)30-18-26(11-12-33(30)38(34)10-2)27-14-25(16-29(41)17-27)15-28(21-39)36-7;1-13(2)6-3-5-12(17)15-8-4-7-14(11-16)9-10-15;1-6(2)7(5-9)8(3)4;1-7-5-3-2-4-6-7/h9,11-14,16-19,21,23,28,36,41H,1,10,15,20,22H2,2-8H3;3,5,11H,4,6-10H2,1-2H3;5-7H,1-4H3;6H,2-5H2,1H3/b32-19+,37-13?;5-3+;;. The highest BCUT2D eigenvalue weighted by atomic mass is 16.5. The number of phenolic OH excluding ortho intramolecular Hbond substituents is 1. The number of carbonyl (C=O) groups excluding carboxylic acids is 5. The summed E-state index contributed by atoms with van der Waals surface area (Å²) in [6.07, 6.45) is 16.0. The van der Waals surface area contributed by atoms with Crippen molar-refractivity contribution in [3.05, 3.63) is 83.7 Å². The van der Waals surface area contributed by atoms with Crippen LogP contribution in [0.4, 0.5) is 0 Å². The number of aryl methyl sites for hydroxylation is 1. The zero-order valence-electron chi connectivity index (χ0n) is 48.4. The highest BCUT2D eigenvalue weighted by Gasteiger charge is 2.27. The predicted octanol–water partition coefficient (Wildman–Crippen LogP) is 6.91. The summed E-state index contributed by atoms with van der Waals surface area (Å²) in [7, 11) is 13.2. The molecule has 1 aromatic heterocycles. The Balaban J connectivity index is 0.000000481. The zero-order valence-corrected chi connectivity index (χ0v) is 48.4. The van der Waals surface area contributed by atoms with Crippen molar-refractivity contribution in [2.45, 2.75) is 105 Å². The number of hydrogen-bond acceptors (Lipinski definition) is 14. The molecule has 2 aliphatic rings. The van der Waals surface area contributed by atoms with Crippen LogP contribution in [0, 0.1) is 11.3 Å². The van der Waals surface area contributed by atoms with E-state index in [1.165, 1.54) is 26.3 Å². The van der Waals surface area contributed by atoms with Gasteiger partial charge in [0, 0.05) is 108 Å². The highest BCUT2D eigenvalue weighted by molar-refractivity contribution is 5.92. The Labute approximate surface area is 455 Å². The smallest absolute Gasteiger partial charge is 0.302 e. The molecule has 2 saturated heterocycles. The molecule has 0 saturated carbocycles. The Kier molecular flexibility index (Phi) is 30.3. The molecule has 2 aliphatic heterocycles. The zero-order chi connectivity index (χ0) is 57.0. The number of fused-ring (bicyclic) bond motifs is 1. The number of phenols is 1. The summed E-state index contributed by atoms with van der Waals surface area (Å²) in [6, 6.07) is 11.5. The van der Waals surface area contributed by atoms with Crippen LogP contribution in [-0.4, -0.2) is 191 Å². The molecule has 0 aliphatic carbocycles. The summed E-state index contributed by atoms with van der Waals surface area (Å²) in [4.78, 5) is 68.0. The van der Waals surface area contributed by atoms with Crippen molar-refractivity contribution in [3.63, 3.8) is 0 Å². The average Bonchev–Trinajstić information content (AvgIpc) is 3.48. The number of hydrazine groups is 1. The van der Waals surface area contributed by atoms with Crippen molar-refractivity contribution in [1.82, 2.24) is 39.9 Å². The van der Waals surface area contributed by atoms with Gasteiger partial charge in [0.25, 0.3) is 0 Å². The normalized spacial score (nSPS) is 15.8. The van der Waals surface area contributed by atoms with Gasteiger partial charge in [-0.15, -0.1) is 0 Å². The molecule has 3 heterocycles. The summed E-state index contributed by atoms with van der Waals surface area (Å²) in [6.45, 7) is 24.4. The van der Waals surface area contributed by atoms with Crippen LogP contribution in [0.3, 0.4) is 0 Å². The summed E-state index contributed by atoms with van der Waals surface area (Å²) in [5, 5.41) is 16.8. The van der Waals surface area contributed by atoms with Crippen LogP contribution in [-0.2, 0) is 52.8 Å². The molecule has 17 heteroatoms. The first kappa shape index (κ1) is 66.3. The summed E-state index contributed by atoms with van der Waals surface area (Å²) in [5.41, 5.74) is 9.43. The molecule has 5 rings (SSSR count). The minimum Gasteiger partial charge on any atom is -0.508 e. The maximum atomic E-state index is 11.8. The largest absolute Gasteiger partial charge is 0.508 e. The first-order chi connectivity index (χ1) is 36.1. The van der Waals surface area contributed by atoms with Gasteiger partial charge in [0.2, 0.25) is 12.3 Å². The second kappa shape index (κ2) is 34.8. The van der Waals surface area contributed by atoms with Gasteiger partial charge < -0.3 is 48.8 Å². The average molecular weight is 1060 g/mol. The minimum atomic E-state index is -0.357. The van der Waals surface area contributed by atoms with Gasteiger partial charge in [0.1, 0.15) is 18.3 Å². The Bertz CT molecular complexity index is 2360. The molecule has 2 amide bonds. The fourth-order valence-electron chi connectivity index (χ4n) is 8.66. The number of esters is 1. The maximum Gasteiger partial charge on any atom is 0.302 e. The van der Waals surface area contributed by atoms with Gasteiger partial charge in [-0.25, -0.2) is 5.01 Å². The molecule has 0 bridgehead atoms. The number of methoxy groups -OCH3 is 1. The van der Waals surface area contributed by atoms with Crippen molar-refractivity contribution in [2.75, 3.05) is 102 Å². The topological polar surface area (TPSA) is 182 Å². The van der Waals surface area contributed by atoms with E-state index in [0.29, 0.717) is 31.8 Å². The minimum absolute atomic E-state index is 0.0413. The molecular formula is C59H93N9O8. The number of nitrogens with zero attached hydrogens (tertiary/aromatic N) is 7. The molecule has 76 heavy (non-hydrogen) atoms. The van der Waals surface area contributed by atoms with Crippen molar-refractivity contribution < 1.29 is 38.6 Å². The van der Waals surface area contributed by atoms with Gasteiger partial charge in [-0.1, -0.05) is 58.6 Å². The molecule has 3 unspecified atom stereocenters. The fourth-order valence-corrected chi connectivity index (χ4v) is 8.66. The van der Waals surface area contributed by atoms with Crippen molar-refractivity contribution in [1.29, 1.82) is 0 Å². The van der Waals surface area contributed by atoms with E-state index in [4.69, 9.17) is 9.47 Å². The summed E-state index contributed by atoms with van der Waals surface area (Å²) < 4.78 is 13.4. The monoisotopic (exact) mass is 1060 g/mol. The number of benzene rings is 2. The number of nitrogens with one attached hydrogen (secondary N) is 2. The number of aromatic hydroxyl groups is 1. The lowest BCUT2D eigenvalue weighted by atomic mass is 9.85. The quantitative estimate of drug-likeness (QED) is 0.0409. The molecule has 3 aromatic rings. The van der Waals surface area contributed by atoms with Gasteiger partial charge in [-0.2, -0.15) is 0 Å². The van der Waals surface area contributed by atoms with Crippen LogP contribution in [0.5, 0.6) is 5.75 Å². The van der Waals surface area contributed by atoms with Gasteiger partial charge in [-0.3, -0.25) is 29.7 Å². The number of aromatic nitrogens is 1. The van der Waals surface area contributed by atoms with E-state index in [0.717, 1.165) is 103 Å². The first-order valence-corrected chi connectivity index (χ1v) is 26.6. The molecule has 2 aromatic carbocycles. The number of aliphatic imine (C=N–C) groups is 1. The second-order valence-corrected chi connectivity index (χ2v) is 20.9. The number of amides is 2. The maximum absolute atomic E-state index is 11.8. The number of aldehydes is 2. The van der Waals surface area contributed by atoms with Crippen LogP contribution < -0.4 is 10.7 Å². The van der Waals surface area contributed by atoms with E-state index >= 15 is 0 Å². The lowest BCUT2D eigenvalue weighted by molar-refractivity contribution is -0.144. The van der Waals surface area contributed by atoms with Gasteiger partial charge in [0.15, 0.2) is 0 Å². The number of allylic oxidation sites excluding steroid dienone is 1. The number of carbonyl (C=O) groups is 5. The van der Waals surface area contributed by atoms with E-state index in [2.05, 4.69) is 84.0 Å². The first-order valence-electron chi connectivity index (χ1n) is 26.6. The van der Waals surface area contributed by atoms with Gasteiger partial charge in [-0.05, 0) is 140 Å². The lowest BCUT2D eigenvalue weighted by Crippen LogP contribution is -2.39. The molecule has 422 valence electrons. The Morgan fingerprint density at radius 2 is 1.68 bits per heavy atom. The third-order valence-corrected chi connectivity index (χ3v) is 13.0. The predicted molar refractivity (Wildman–Crippen MR) is 309 cm³/mol. The van der Waals surface area contributed by atoms with E-state index in [1.54, 1.807) is 54.5 Å². The van der Waals surface area contributed by atoms with Crippen LogP contribution in [0.2, 0.25) is 0 Å². The Hall–Kier alpha value is -5.82. The molecule has 0 radical (unpaired) electrons. The molecule has 3 N–H and O–H groups in total. The molecule has 17 nitrogen and oxygen atoms in total. The third kappa shape index (κ3) is 23.2. The number of hydrogen-bond donors (Lipinski definition) is 3. The van der Waals surface area contributed by atoms with E-state index < -0.39 is 0 Å². The Morgan fingerprint density at radius 3 is 2.20 bits per heavy atom. The van der Waals surface area contributed by atoms with Crippen LogP contribution in [0.1, 0.15) is 84.5 Å². The number of rotatable bonds is 22. The Morgan fingerprint density at radius 1 is 0.961 bits per heavy atom. The van der Waals surface area contributed by atoms with Crippen LogP contribution in [0.15, 0.2) is 71.9 Å². The summed E-state index contributed by atoms with van der Waals surface area (Å²) in [5.74, 6) is 0.289. The molecular weight excluding hydrogens is 963 g/mol. The third-order valence-electron chi connectivity index (χ3n) is 13.0. The van der Waals surface area contributed by atoms with Crippen LogP contribution in [0.25, 0.3) is 28.1 Å². The molecule has 2 fully saturated rings. The van der Waals surface area contributed by atoms with Gasteiger partial charge >= 0.3 is 5.97 Å². The van der Waals surface area contributed by atoms with Crippen molar-refractivity contribution >= 4 is 54.1 Å². The van der Waals surface area contributed by atoms with E-state index in [1.807, 2.05) is 70.9 Å². The van der Waals surface area contributed by atoms with Crippen molar-refractivity contribution in [3.8, 4) is 16.9 Å². The number of ether oxygens (including phenoxy) is 2. The highest BCUT2D eigenvalue weighted by Crippen LogP contribution is 2.37. The van der Waals surface area contributed by atoms with Crippen molar-refractivity contribution in [2.24, 2.45) is 16.3 Å². The van der Waals surface area contributed by atoms with Crippen LogP contribution >= 0.6 is 0 Å². The van der Waals surface area contributed by atoms with E-state index in [-0.39, 0.29) is 47.8 Å². The fraction of sp³-hybridized carbons (Fsp3) is 0.559. The summed E-state index contributed by atoms with van der Waals surface area (Å²) >= 11 is 0. The molecule has 3 atom stereocenters. The van der Waals surface area contributed by atoms with Gasteiger partial charge in [0.05, 0.1) is 30.5 Å². The second-order valence-electron chi connectivity index (χ2n) is 20.9. The molecule has 0 spiro atoms. The number of likely N-dealkylation sites (N-methyl/N-ethyl adjacent to an activating group) is 3. The lowest BCUT2D eigenvalue weighted by Gasteiger charge is -2.24.